The van der Waals surface area contributed by atoms with Gasteiger partial charge in [0.25, 0.3) is 5.82 Å². The summed E-state index contributed by atoms with van der Waals surface area (Å²) in [5.74, 6) is -1.92. The number of benzene rings is 1. The van der Waals surface area contributed by atoms with Gasteiger partial charge in [-0.05, 0) is 31.2 Å². The Morgan fingerprint density at radius 1 is 1.39 bits per heavy atom. The van der Waals surface area contributed by atoms with Gasteiger partial charge in [-0.25, -0.2) is 22.2 Å². The molecule has 12 heteroatoms. The molecular weight excluding hydrogens is 432 g/mol. The van der Waals surface area contributed by atoms with Crippen LogP contribution in [0.2, 0.25) is 0 Å². The van der Waals surface area contributed by atoms with Crippen molar-refractivity contribution in [1.29, 1.82) is 5.26 Å². The van der Waals surface area contributed by atoms with Crippen LogP contribution >= 0.6 is 0 Å². The SMILES string of the molecule is Cc1nc(C(C#N)S(=O)(=O)c2ccc(F)cc2F)c(N=O)c(N2CCOC(C)(C)C2)[nH+]1. The molecule has 0 saturated carbocycles. The molecule has 1 unspecified atom stereocenters. The Kier molecular flexibility index (Phi) is 6.02. The van der Waals surface area contributed by atoms with E-state index in [-0.39, 0.29) is 17.3 Å². The molecule has 0 aliphatic carbocycles. The van der Waals surface area contributed by atoms with Crippen molar-refractivity contribution in [3.63, 3.8) is 0 Å². The van der Waals surface area contributed by atoms with Crippen molar-refractivity contribution in [3.05, 3.63) is 46.3 Å². The second-order valence-corrected chi connectivity index (χ2v) is 9.66. The largest absolute Gasteiger partial charge is 0.369 e. The van der Waals surface area contributed by atoms with Crippen LogP contribution in [0.4, 0.5) is 20.3 Å². The van der Waals surface area contributed by atoms with Crippen LogP contribution in [0.3, 0.4) is 0 Å². The lowest BCUT2D eigenvalue weighted by Crippen LogP contribution is -2.50. The lowest BCUT2D eigenvalue weighted by atomic mass is 10.1. The van der Waals surface area contributed by atoms with Crippen LogP contribution < -0.4 is 9.88 Å². The highest BCUT2D eigenvalue weighted by Crippen LogP contribution is 2.38. The Hall–Kier alpha value is -3.04. The number of anilines is 1. The van der Waals surface area contributed by atoms with Gasteiger partial charge in [0.05, 0.1) is 31.4 Å². The van der Waals surface area contributed by atoms with Crippen LogP contribution in [0.25, 0.3) is 0 Å². The third kappa shape index (κ3) is 4.38. The van der Waals surface area contributed by atoms with E-state index >= 15 is 0 Å². The van der Waals surface area contributed by atoms with Crippen LogP contribution in [-0.4, -0.2) is 38.7 Å². The molecule has 1 aliphatic rings. The van der Waals surface area contributed by atoms with Crippen molar-refractivity contribution < 1.29 is 26.9 Å². The fourth-order valence-corrected chi connectivity index (χ4v) is 4.87. The third-order valence-corrected chi connectivity index (χ3v) is 6.66. The number of nitroso groups, excluding NO2 is 1. The van der Waals surface area contributed by atoms with Gasteiger partial charge in [-0.3, -0.25) is 4.90 Å². The summed E-state index contributed by atoms with van der Waals surface area (Å²) >= 11 is 0. The average molecular weight is 452 g/mol. The Morgan fingerprint density at radius 3 is 2.68 bits per heavy atom. The van der Waals surface area contributed by atoms with E-state index in [0.29, 0.717) is 25.8 Å². The molecule has 3 rings (SSSR count). The van der Waals surface area contributed by atoms with Gasteiger partial charge >= 0.3 is 0 Å². The summed E-state index contributed by atoms with van der Waals surface area (Å²) in [6.45, 7) is 6.29. The highest BCUT2D eigenvalue weighted by Gasteiger charge is 2.41. The second kappa shape index (κ2) is 8.24. The molecule has 1 fully saturated rings. The van der Waals surface area contributed by atoms with Gasteiger partial charge in [0, 0.05) is 13.0 Å². The normalized spacial score (nSPS) is 17.1. The van der Waals surface area contributed by atoms with Gasteiger partial charge < -0.3 is 4.74 Å². The van der Waals surface area contributed by atoms with Crippen LogP contribution in [0.5, 0.6) is 0 Å². The Morgan fingerprint density at radius 2 is 2.10 bits per heavy atom. The minimum absolute atomic E-state index is 0.184. The number of sulfone groups is 1. The van der Waals surface area contributed by atoms with E-state index in [1.807, 2.05) is 13.8 Å². The highest BCUT2D eigenvalue weighted by molar-refractivity contribution is 7.92. The zero-order valence-electron chi connectivity index (χ0n) is 17.0. The summed E-state index contributed by atoms with van der Waals surface area (Å²) < 4.78 is 59.2. The van der Waals surface area contributed by atoms with Crippen molar-refractivity contribution >= 4 is 21.3 Å². The molecule has 9 nitrogen and oxygen atoms in total. The molecular formula is C19H20F2N5O4S+. The number of nitrogens with zero attached hydrogens (tertiary/aromatic N) is 4. The number of nitrogens with one attached hydrogen (secondary N) is 1. The summed E-state index contributed by atoms with van der Waals surface area (Å²) in [5.41, 5.74) is -1.36. The number of nitriles is 1. The van der Waals surface area contributed by atoms with Crippen molar-refractivity contribution in [1.82, 2.24) is 4.98 Å². The average Bonchev–Trinajstić information content (AvgIpc) is 2.66. The van der Waals surface area contributed by atoms with Gasteiger partial charge in [-0.1, -0.05) is 0 Å². The molecule has 1 atom stereocenters. The quantitative estimate of drug-likeness (QED) is 0.504. The smallest absolute Gasteiger partial charge is 0.255 e. The molecule has 1 aromatic heterocycles. The van der Waals surface area contributed by atoms with Gasteiger partial charge in [0.15, 0.2) is 5.69 Å². The predicted molar refractivity (Wildman–Crippen MR) is 105 cm³/mol. The number of hydrogen-bond acceptors (Lipinski definition) is 8. The standard InChI is InChI=1S/C19H19F2N5O4S/c1-11-23-16(15(9-22)31(28,29)14-5-4-12(20)8-13(14)21)17(25-27)18(24-11)26-6-7-30-19(2,3)10-26/h4-5,8,15H,6-7,10H2,1-3H3/p+1. The summed E-state index contributed by atoms with van der Waals surface area (Å²) in [7, 11) is -4.69. The maximum Gasteiger partial charge on any atom is 0.255 e. The number of hydrogen-bond donors (Lipinski definition) is 0. The maximum atomic E-state index is 14.2. The van der Waals surface area contributed by atoms with E-state index in [0.717, 1.165) is 12.1 Å². The molecule has 0 bridgehead atoms. The van der Waals surface area contributed by atoms with E-state index in [1.54, 1.807) is 11.0 Å². The highest BCUT2D eigenvalue weighted by atomic mass is 32.2. The third-order valence-electron chi connectivity index (χ3n) is 4.76. The van der Waals surface area contributed by atoms with E-state index in [2.05, 4.69) is 15.1 Å². The van der Waals surface area contributed by atoms with E-state index in [1.165, 1.54) is 6.92 Å². The Bertz CT molecular complexity index is 1180. The number of halogens is 2. The number of H-pyrrole nitrogens is 1. The molecule has 0 radical (unpaired) electrons. The number of aromatic amines is 1. The fourth-order valence-electron chi connectivity index (χ4n) is 3.43. The zero-order chi connectivity index (χ0) is 23.0. The number of ether oxygens (including phenoxy) is 1. The monoisotopic (exact) mass is 452 g/mol. The first-order valence-electron chi connectivity index (χ1n) is 9.25. The summed E-state index contributed by atoms with van der Waals surface area (Å²) in [6.07, 6.45) is 0. The topological polar surface area (TPSA) is 127 Å². The predicted octanol–water partition coefficient (Wildman–Crippen LogP) is 2.53. The van der Waals surface area contributed by atoms with Gasteiger partial charge in [-0.2, -0.15) is 5.26 Å². The lowest BCUT2D eigenvalue weighted by Gasteiger charge is -2.35. The first-order chi connectivity index (χ1) is 14.5. The first kappa shape index (κ1) is 22.6. The minimum atomic E-state index is -4.69. The molecule has 31 heavy (non-hydrogen) atoms. The molecule has 0 spiro atoms. The summed E-state index contributed by atoms with van der Waals surface area (Å²) in [6, 6.07) is 3.48. The molecule has 1 saturated heterocycles. The van der Waals surface area contributed by atoms with E-state index in [4.69, 9.17) is 4.74 Å². The van der Waals surface area contributed by atoms with E-state index in [9.17, 15) is 27.4 Å². The first-order valence-corrected chi connectivity index (χ1v) is 10.8. The van der Waals surface area contributed by atoms with Crippen molar-refractivity contribution in [2.75, 3.05) is 24.6 Å². The van der Waals surface area contributed by atoms with Gasteiger partial charge in [-0.15, -0.1) is 9.89 Å². The molecule has 1 N–H and O–H groups in total. The molecule has 1 aromatic carbocycles. The summed E-state index contributed by atoms with van der Waals surface area (Å²) in [5, 5.41) is 10.6. The van der Waals surface area contributed by atoms with Crippen LogP contribution in [0, 0.1) is 34.8 Å². The molecule has 0 amide bonds. The van der Waals surface area contributed by atoms with Crippen molar-refractivity contribution in [2.24, 2.45) is 5.18 Å². The number of rotatable bonds is 5. The Labute approximate surface area is 177 Å². The second-order valence-electron chi connectivity index (χ2n) is 7.65. The lowest BCUT2D eigenvalue weighted by molar-refractivity contribution is -0.379. The molecule has 1 aliphatic heterocycles. The minimum Gasteiger partial charge on any atom is -0.369 e. The van der Waals surface area contributed by atoms with Crippen molar-refractivity contribution in [2.45, 2.75) is 36.5 Å². The van der Waals surface area contributed by atoms with Crippen LogP contribution in [0.1, 0.15) is 30.6 Å². The molecule has 2 aromatic rings. The molecule has 2 heterocycles. The van der Waals surface area contributed by atoms with Crippen LogP contribution in [0.15, 0.2) is 28.3 Å². The number of morpholine rings is 1. The number of aryl methyl sites for hydroxylation is 1. The van der Waals surface area contributed by atoms with E-state index < -0.39 is 42.9 Å². The maximum absolute atomic E-state index is 14.2. The van der Waals surface area contributed by atoms with Gasteiger partial charge in [0.1, 0.15) is 16.5 Å². The van der Waals surface area contributed by atoms with Crippen molar-refractivity contribution in [3.8, 4) is 6.07 Å². The summed E-state index contributed by atoms with van der Waals surface area (Å²) in [4.78, 5) is 19.6. The Balaban J connectivity index is 2.18. The van der Waals surface area contributed by atoms with Gasteiger partial charge in [0.2, 0.25) is 26.6 Å². The zero-order valence-corrected chi connectivity index (χ0v) is 17.8. The fraction of sp³-hybridized carbons (Fsp3) is 0.421. The molecule has 164 valence electrons. The van der Waals surface area contributed by atoms with Crippen LogP contribution in [-0.2, 0) is 14.6 Å². The number of aromatic nitrogens is 2.